The van der Waals surface area contributed by atoms with Crippen LogP contribution in [-0.2, 0) is 9.53 Å². The molecular weight excluding hydrogens is 372 g/mol. The van der Waals surface area contributed by atoms with Crippen LogP contribution in [0, 0.1) is 0 Å². The molecule has 1 heterocycles. The maximum atomic E-state index is 11.4. The summed E-state index contributed by atoms with van der Waals surface area (Å²) in [4.78, 5) is 22.5. The fourth-order valence-corrected chi connectivity index (χ4v) is 2.29. The molecule has 0 atom stereocenters. The van der Waals surface area contributed by atoms with Gasteiger partial charge in [0.05, 0.1) is 14.2 Å². The van der Waals surface area contributed by atoms with Crippen molar-refractivity contribution < 1.29 is 23.8 Å². The van der Waals surface area contributed by atoms with E-state index in [-0.39, 0.29) is 18.0 Å². The highest BCUT2D eigenvalue weighted by Crippen LogP contribution is 2.38. The zero-order valence-corrected chi connectivity index (χ0v) is 13.8. The van der Waals surface area contributed by atoms with E-state index in [1.54, 1.807) is 12.1 Å². The maximum absolute atomic E-state index is 11.4. The van der Waals surface area contributed by atoms with E-state index in [0.717, 1.165) is 0 Å². The third-order valence-corrected chi connectivity index (χ3v) is 3.52. The summed E-state index contributed by atoms with van der Waals surface area (Å²) < 4.78 is 15.6. The van der Waals surface area contributed by atoms with Crippen molar-refractivity contribution in [1.29, 1.82) is 0 Å². The zero-order chi connectivity index (χ0) is 17.0. The Morgan fingerprint density at radius 3 is 2.61 bits per heavy atom. The summed E-state index contributed by atoms with van der Waals surface area (Å²) in [5, 5.41) is 9.99. The molecule has 0 spiro atoms. The first kappa shape index (κ1) is 16.7. The Labute approximate surface area is 139 Å². The Balaban J connectivity index is 2.42. The van der Waals surface area contributed by atoms with Gasteiger partial charge in [-0.15, -0.1) is 0 Å². The van der Waals surface area contributed by atoms with Crippen LogP contribution in [0.15, 0.2) is 16.6 Å². The van der Waals surface area contributed by atoms with E-state index in [9.17, 15) is 9.59 Å². The highest BCUT2D eigenvalue weighted by Gasteiger charge is 2.20. The summed E-state index contributed by atoms with van der Waals surface area (Å²) >= 11 is 3.35. The van der Waals surface area contributed by atoms with Crippen LogP contribution in [0.5, 0.6) is 11.5 Å². The van der Waals surface area contributed by atoms with Gasteiger partial charge in [-0.25, -0.2) is 4.79 Å². The molecule has 0 aliphatic carbocycles. The lowest BCUT2D eigenvalue weighted by Crippen LogP contribution is -2.13. The first-order chi connectivity index (χ1) is 11.0. The first-order valence-electron chi connectivity index (χ1n) is 6.26. The van der Waals surface area contributed by atoms with Crippen LogP contribution >= 0.6 is 15.9 Å². The number of hydrogen-bond acceptors (Lipinski definition) is 7. The monoisotopic (exact) mass is 384 g/mol. The van der Waals surface area contributed by atoms with Gasteiger partial charge in [-0.1, -0.05) is 0 Å². The van der Waals surface area contributed by atoms with E-state index >= 15 is 0 Å². The Bertz CT molecular complexity index is 746. The number of nitrogens with zero attached hydrogens (tertiary/aromatic N) is 2. The molecule has 3 N–H and O–H groups in total. The standard InChI is InChI=1S/C13H13BrN4O5/c1-21-8-3-6(11-12(13(15)20)17-18-16-11)7(14)4-9(8)23-5-10(19)22-2/h3-4H,5H2,1-2H3,(H2,15,20)(H,16,17,18). The van der Waals surface area contributed by atoms with Crippen LogP contribution in [0.25, 0.3) is 11.3 Å². The Morgan fingerprint density at radius 1 is 1.26 bits per heavy atom. The normalized spacial score (nSPS) is 10.2. The summed E-state index contributed by atoms with van der Waals surface area (Å²) in [6, 6.07) is 3.16. The molecule has 9 nitrogen and oxygen atoms in total. The van der Waals surface area contributed by atoms with Crippen molar-refractivity contribution >= 4 is 27.8 Å². The fraction of sp³-hybridized carbons (Fsp3) is 0.231. The average Bonchev–Trinajstić information content (AvgIpc) is 3.02. The van der Waals surface area contributed by atoms with Gasteiger partial charge in [-0.2, -0.15) is 15.4 Å². The topological polar surface area (TPSA) is 129 Å². The number of primary amides is 1. The maximum Gasteiger partial charge on any atom is 0.343 e. The molecule has 10 heteroatoms. The molecule has 0 unspecified atom stereocenters. The summed E-state index contributed by atoms with van der Waals surface area (Å²) in [7, 11) is 2.70. The minimum absolute atomic E-state index is 0.00372. The number of amides is 1. The van der Waals surface area contributed by atoms with Gasteiger partial charge in [-0.3, -0.25) is 4.79 Å². The van der Waals surface area contributed by atoms with Gasteiger partial charge in [0.1, 0.15) is 5.69 Å². The minimum atomic E-state index is -0.717. The quantitative estimate of drug-likeness (QED) is 0.707. The number of halogens is 1. The second-order valence-electron chi connectivity index (χ2n) is 4.23. The van der Waals surface area contributed by atoms with Crippen LogP contribution in [0.1, 0.15) is 10.5 Å². The van der Waals surface area contributed by atoms with Crippen molar-refractivity contribution in [3.8, 4) is 22.8 Å². The van der Waals surface area contributed by atoms with Crippen LogP contribution in [0.3, 0.4) is 0 Å². The number of H-pyrrole nitrogens is 1. The number of nitrogens with two attached hydrogens (primary N) is 1. The van der Waals surface area contributed by atoms with Gasteiger partial charge < -0.3 is 19.9 Å². The zero-order valence-electron chi connectivity index (χ0n) is 12.3. The van der Waals surface area contributed by atoms with Crippen molar-refractivity contribution in [2.75, 3.05) is 20.8 Å². The van der Waals surface area contributed by atoms with E-state index < -0.39 is 11.9 Å². The predicted molar refractivity (Wildman–Crippen MR) is 82.1 cm³/mol. The van der Waals surface area contributed by atoms with Gasteiger partial charge in [0.15, 0.2) is 23.8 Å². The van der Waals surface area contributed by atoms with Crippen LogP contribution in [0.2, 0.25) is 0 Å². The molecular formula is C13H13BrN4O5. The lowest BCUT2D eigenvalue weighted by Gasteiger charge is -2.12. The van der Waals surface area contributed by atoms with E-state index in [2.05, 4.69) is 36.1 Å². The number of methoxy groups -OCH3 is 2. The number of benzene rings is 1. The smallest absolute Gasteiger partial charge is 0.343 e. The SMILES string of the molecule is COC(=O)COc1cc(Br)c(-c2n[nH]nc2C(N)=O)cc1OC. The van der Waals surface area contributed by atoms with Gasteiger partial charge in [0, 0.05) is 10.0 Å². The largest absolute Gasteiger partial charge is 0.493 e. The van der Waals surface area contributed by atoms with Gasteiger partial charge in [-0.05, 0) is 28.1 Å². The van der Waals surface area contributed by atoms with Crippen molar-refractivity contribution in [2.24, 2.45) is 5.73 Å². The van der Waals surface area contributed by atoms with E-state index in [4.69, 9.17) is 15.2 Å². The fourth-order valence-electron chi connectivity index (χ4n) is 1.78. The summed E-state index contributed by atoms with van der Waals surface area (Å²) in [6.45, 7) is -0.269. The summed E-state index contributed by atoms with van der Waals surface area (Å²) in [5.74, 6) is -0.589. The number of aromatic nitrogens is 3. The Kier molecular flexibility index (Phi) is 5.16. The number of rotatable bonds is 6. The van der Waals surface area contributed by atoms with Gasteiger partial charge >= 0.3 is 5.97 Å². The molecule has 122 valence electrons. The molecule has 0 saturated carbocycles. The average molecular weight is 385 g/mol. The molecule has 0 aliphatic rings. The lowest BCUT2D eigenvalue weighted by molar-refractivity contribution is -0.142. The van der Waals surface area contributed by atoms with E-state index in [1.165, 1.54) is 14.2 Å². The minimum Gasteiger partial charge on any atom is -0.493 e. The second-order valence-corrected chi connectivity index (χ2v) is 5.09. The highest BCUT2D eigenvalue weighted by atomic mass is 79.9. The number of carbonyl (C=O) groups is 2. The molecule has 0 fully saturated rings. The third-order valence-electron chi connectivity index (χ3n) is 2.86. The van der Waals surface area contributed by atoms with E-state index in [1.807, 2.05) is 0 Å². The molecule has 0 bridgehead atoms. The molecule has 2 rings (SSSR count). The summed E-state index contributed by atoms with van der Waals surface area (Å²) in [5.41, 5.74) is 6.04. The molecule has 23 heavy (non-hydrogen) atoms. The molecule has 0 aliphatic heterocycles. The molecule has 2 aromatic rings. The number of ether oxygens (including phenoxy) is 3. The van der Waals surface area contributed by atoms with Gasteiger partial charge in [0.2, 0.25) is 0 Å². The molecule has 1 amide bonds. The van der Waals surface area contributed by atoms with Crippen molar-refractivity contribution in [3.63, 3.8) is 0 Å². The van der Waals surface area contributed by atoms with Gasteiger partial charge in [0.25, 0.3) is 5.91 Å². The highest BCUT2D eigenvalue weighted by molar-refractivity contribution is 9.10. The second kappa shape index (κ2) is 7.09. The predicted octanol–water partition coefficient (Wildman–Crippen LogP) is 0.893. The van der Waals surface area contributed by atoms with Crippen LogP contribution in [-0.4, -0.2) is 48.1 Å². The number of nitrogens with one attached hydrogen (secondary N) is 1. The number of hydrogen-bond donors (Lipinski definition) is 2. The molecule has 1 aromatic heterocycles. The third kappa shape index (κ3) is 3.59. The summed E-state index contributed by atoms with van der Waals surface area (Å²) in [6.07, 6.45) is 0. The van der Waals surface area contributed by atoms with Crippen molar-refractivity contribution in [1.82, 2.24) is 15.4 Å². The number of aromatic amines is 1. The molecule has 0 radical (unpaired) electrons. The lowest BCUT2D eigenvalue weighted by atomic mass is 10.1. The number of carbonyl (C=O) groups excluding carboxylic acids is 2. The Hall–Kier alpha value is -2.62. The van der Waals surface area contributed by atoms with Crippen molar-refractivity contribution in [3.05, 3.63) is 22.3 Å². The van der Waals surface area contributed by atoms with Crippen LogP contribution in [0.4, 0.5) is 0 Å². The van der Waals surface area contributed by atoms with E-state index in [0.29, 0.717) is 21.5 Å². The number of esters is 1. The van der Waals surface area contributed by atoms with Crippen molar-refractivity contribution in [2.45, 2.75) is 0 Å². The first-order valence-corrected chi connectivity index (χ1v) is 7.05. The molecule has 0 saturated heterocycles. The molecule has 1 aromatic carbocycles. The Morgan fingerprint density at radius 2 is 2.00 bits per heavy atom. The van der Waals surface area contributed by atoms with Crippen LogP contribution < -0.4 is 15.2 Å².